The van der Waals surface area contributed by atoms with Gasteiger partial charge in [-0.2, -0.15) is 5.10 Å². The molecule has 0 bridgehead atoms. The van der Waals surface area contributed by atoms with Gasteiger partial charge in [-0.3, -0.25) is 0 Å². The van der Waals surface area contributed by atoms with Crippen LogP contribution >= 0.6 is 22.6 Å². The zero-order valence-corrected chi connectivity index (χ0v) is 9.22. The van der Waals surface area contributed by atoms with Gasteiger partial charge in [0.15, 0.2) is 0 Å². The standard InChI is InChI=1S/C8H8IN3O2/c9-6-1-2-7(13)5(3-6)4-11-12-8(10)14/h1-4,13H,(H3,10,12,14). The summed E-state index contributed by atoms with van der Waals surface area (Å²) in [7, 11) is 0. The number of aromatic hydroxyl groups is 1. The first kappa shape index (κ1) is 10.8. The molecule has 74 valence electrons. The summed E-state index contributed by atoms with van der Waals surface area (Å²) in [6.45, 7) is 0. The molecule has 6 heteroatoms. The average Bonchev–Trinajstić information content (AvgIpc) is 2.10. The third kappa shape index (κ3) is 3.21. The van der Waals surface area contributed by atoms with Gasteiger partial charge in [0, 0.05) is 9.13 Å². The van der Waals surface area contributed by atoms with Crippen LogP contribution in [0.2, 0.25) is 0 Å². The Labute approximate surface area is 94.1 Å². The molecule has 0 atom stereocenters. The van der Waals surface area contributed by atoms with Gasteiger partial charge in [0.25, 0.3) is 0 Å². The molecule has 0 aliphatic heterocycles. The number of nitrogens with one attached hydrogen (secondary N) is 1. The summed E-state index contributed by atoms with van der Waals surface area (Å²) in [5.41, 5.74) is 7.35. The van der Waals surface area contributed by atoms with Gasteiger partial charge in [-0.05, 0) is 40.8 Å². The molecule has 2 amide bonds. The van der Waals surface area contributed by atoms with Crippen molar-refractivity contribution in [3.8, 4) is 5.75 Å². The van der Waals surface area contributed by atoms with E-state index in [0.29, 0.717) is 5.56 Å². The van der Waals surface area contributed by atoms with Gasteiger partial charge < -0.3 is 10.8 Å². The van der Waals surface area contributed by atoms with E-state index in [1.807, 2.05) is 5.43 Å². The molecule has 1 rings (SSSR count). The number of benzene rings is 1. The maximum Gasteiger partial charge on any atom is 0.332 e. The lowest BCUT2D eigenvalue weighted by Crippen LogP contribution is -2.24. The van der Waals surface area contributed by atoms with Crippen molar-refractivity contribution >= 4 is 34.8 Å². The molecule has 0 saturated heterocycles. The largest absolute Gasteiger partial charge is 0.507 e. The number of hydrogen-bond donors (Lipinski definition) is 3. The van der Waals surface area contributed by atoms with Crippen molar-refractivity contribution in [2.24, 2.45) is 10.8 Å². The molecule has 0 spiro atoms. The monoisotopic (exact) mass is 305 g/mol. The van der Waals surface area contributed by atoms with Crippen LogP contribution in [0.4, 0.5) is 4.79 Å². The van der Waals surface area contributed by atoms with Crippen LogP contribution in [0.25, 0.3) is 0 Å². The molecule has 0 saturated carbocycles. The number of rotatable bonds is 2. The van der Waals surface area contributed by atoms with Gasteiger partial charge in [0.1, 0.15) is 5.75 Å². The minimum Gasteiger partial charge on any atom is -0.507 e. The molecule has 0 radical (unpaired) electrons. The van der Waals surface area contributed by atoms with Crippen LogP contribution in [0, 0.1) is 3.57 Å². The molecular weight excluding hydrogens is 297 g/mol. The molecule has 1 aromatic rings. The zero-order valence-electron chi connectivity index (χ0n) is 7.07. The van der Waals surface area contributed by atoms with Gasteiger partial charge in [0.2, 0.25) is 0 Å². The van der Waals surface area contributed by atoms with E-state index in [0.717, 1.165) is 3.57 Å². The second kappa shape index (κ2) is 4.80. The van der Waals surface area contributed by atoms with Crippen molar-refractivity contribution in [2.45, 2.75) is 0 Å². The lowest BCUT2D eigenvalue weighted by atomic mass is 10.2. The second-order valence-corrected chi connectivity index (χ2v) is 3.68. The van der Waals surface area contributed by atoms with Crippen molar-refractivity contribution in [2.75, 3.05) is 0 Å². The fourth-order valence-electron chi connectivity index (χ4n) is 0.794. The first-order valence-corrected chi connectivity index (χ1v) is 4.74. The number of primary amides is 1. The predicted octanol–water partition coefficient (Wildman–Crippen LogP) is 0.999. The van der Waals surface area contributed by atoms with E-state index in [2.05, 4.69) is 27.7 Å². The molecule has 4 N–H and O–H groups in total. The Balaban J connectivity index is 2.80. The van der Waals surface area contributed by atoms with Crippen molar-refractivity contribution in [3.63, 3.8) is 0 Å². The Morgan fingerprint density at radius 2 is 2.36 bits per heavy atom. The number of carbonyl (C=O) groups is 1. The molecule has 5 nitrogen and oxygen atoms in total. The number of halogens is 1. The Kier molecular flexibility index (Phi) is 3.69. The van der Waals surface area contributed by atoms with Crippen molar-refractivity contribution in [1.82, 2.24) is 5.43 Å². The van der Waals surface area contributed by atoms with Crippen molar-refractivity contribution in [3.05, 3.63) is 27.3 Å². The van der Waals surface area contributed by atoms with Crippen molar-refractivity contribution < 1.29 is 9.90 Å². The van der Waals surface area contributed by atoms with E-state index >= 15 is 0 Å². The minimum atomic E-state index is -0.744. The number of amides is 2. The number of nitrogens with zero attached hydrogens (tertiary/aromatic N) is 1. The van der Waals surface area contributed by atoms with Crippen LogP contribution in [0.5, 0.6) is 5.75 Å². The maximum absolute atomic E-state index is 10.3. The summed E-state index contributed by atoms with van der Waals surface area (Å²) in [4.78, 5) is 10.3. The highest BCUT2D eigenvalue weighted by molar-refractivity contribution is 14.1. The first-order valence-electron chi connectivity index (χ1n) is 3.66. The number of urea groups is 1. The minimum absolute atomic E-state index is 0.0976. The van der Waals surface area contributed by atoms with Crippen LogP contribution in [0.1, 0.15) is 5.56 Å². The molecule has 0 aromatic heterocycles. The van der Waals surface area contributed by atoms with Crippen LogP contribution in [-0.4, -0.2) is 17.4 Å². The highest BCUT2D eigenvalue weighted by Gasteiger charge is 1.98. The molecule has 0 aliphatic carbocycles. The molecule has 0 fully saturated rings. The Morgan fingerprint density at radius 1 is 1.64 bits per heavy atom. The van der Waals surface area contributed by atoms with E-state index in [1.54, 1.807) is 18.2 Å². The van der Waals surface area contributed by atoms with Gasteiger partial charge in [-0.25, -0.2) is 10.2 Å². The first-order chi connectivity index (χ1) is 6.59. The fourth-order valence-corrected chi connectivity index (χ4v) is 1.31. The number of nitrogens with two attached hydrogens (primary N) is 1. The Hall–Kier alpha value is -1.31. The van der Waals surface area contributed by atoms with E-state index in [9.17, 15) is 9.90 Å². The third-order valence-corrected chi connectivity index (χ3v) is 2.04. The third-order valence-electron chi connectivity index (χ3n) is 1.37. The van der Waals surface area contributed by atoms with Crippen LogP contribution in [0.3, 0.4) is 0 Å². The Bertz CT molecular complexity index is 379. The lowest BCUT2D eigenvalue weighted by molar-refractivity contribution is 0.249. The van der Waals surface area contributed by atoms with E-state index in [1.165, 1.54) is 6.21 Å². The van der Waals surface area contributed by atoms with Gasteiger partial charge in [0.05, 0.1) is 6.21 Å². The quantitative estimate of drug-likeness (QED) is 0.432. The van der Waals surface area contributed by atoms with Crippen LogP contribution in [0.15, 0.2) is 23.3 Å². The summed E-state index contributed by atoms with van der Waals surface area (Å²) in [5.74, 6) is 0.0976. The number of phenolic OH excluding ortho intramolecular Hbond substituents is 1. The normalized spacial score (nSPS) is 10.4. The molecule has 1 aromatic carbocycles. The number of hydrazone groups is 1. The SMILES string of the molecule is NC(=O)NN=Cc1cc(I)ccc1O. The van der Waals surface area contributed by atoms with Crippen LogP contribution in [-0.2, 0) is 0 Å². The highest BCUT2D eigenvalue weighted by atomic mass is 127. The smallest absolute Gasteiger partial charge is 0.332 e. The summed E-state index contributed by atoms with van der Waals surface area (Å²) in [6.07, 6.45) is 1.32. The highest BCUT2D eigenvalue weighted by Crippen LogP contribution is 2.17. The topological polar surface area (TPSA) is 87.7 Å². The van der Waals surface area contributed by atoms with E-state index < -0.39 is 6.03 Å². The van der Waals surface area contributed by atoms with E-state index in [4.69, 9.17) is 5.73 Å². The number of carbonyl (C=O) groups excluding carboxylic acids is 1. The van der Waals surface area contributed by atoms with Gasteiger partial charge in [-0.15, -0.1) is 0 Å². The molecular formula is C8H8IN3O2. The molecule has 0 aliphatic rings. The summed E-state index contributed by atoms with van der Waals surface area (Å²) in [5, 5.41) is 12.9. The van der Waals surface area contributed by atoms with E-state index in [-0.39, 0.29) is 5.75 Å². The predicted molar refractivity (Wildman–Crippen MR) is 61.1 cm³/mol. The second-order valence-electron chi connectivity index (χ2n) is 2.44. The summed E-state index contributed by atoms with van der Waals surface area (Å²) in [6, 6.07) is 4.29. The fraction of sp³-hybridized carbons (Fsp3) is 0. The van der Waals surface area contributed by atoms with Gasteiger partial charge >= 0.3 is 6.03 Å². The van der Waals surface area contributed by atoms with Crippen LogP contribution < -0.4 is 11.2 Å². The average molecular weight is 305 g/mol. The summed E-state index contributed by atoms with van der Waals surface area (Å²) < 4.78 is 0.959. The summed E-state index contributed by atoms with van der Waals surface area (Å²) >= 11 is 2.10. The zero-order chi connectivity index (χ0) is 10.6. The number of phenols is 1. The van der Waals surface area contributed by atoms with Gasteiger partial charge in [-0.1, -0.05) is 0 Å². The maximum atomic E-state index is 10.3. The number of hydrogen-bond acceptors (Lipinski definition) is 3. The molecule has 0 unspecified atom stereocenters. The van der Waals surface area contributed by atoms with Crippen molar-refractivity contribution in [1.29, 1.82) is 0 Å². The lowest BCUT2D eigenvalue weighted by Gasteiger charge is -1.98. The molecule has 0 heterocycles. The Morgan fingerprint density at radius 3 is 3.00 bits per heavy atom. The molecule has 14 heavy (non-hydrogen) atoms.